The fourth-order valence-corrected chi connectivity index (χ4v) is 3.84. The van der Waals surface area contributed by atoms with Crippen LogP contribution >= 0.6 is 0 Å². The molecule has 0 aliphatic heterocycles. The second-order valence-electron chi connectivity index (χ2n) is 6.86. The average Bonchev–Trinajstić information content (AvgIpc) is 2.68. The van der Waals surface area contributed by atoms with E-state index < -0.39 is 66.0 Å². The Bertz CT molecular complexity index is 478. The van der Waals surface area contributed by atoms with Crippen molar-refractivity contribution in [2.24, 2.45) is 17.3 Å². The van der Waals surface area contributed by atoms with E-state index >= 15 is 0 Å². The molecule has 0 aromatic carbocycles. The molecule has 1 aliphatic rings. The molecule has 0 heterocycles. The molecule has 0 amide bonds. The largest absolute Gasteiger partial charge is 0.426 e. The molecule has 0 saturated heterocycles. The van der Waals surface area contributed by atoms with E-state index in [1.54, 1.807) is 0 Å². The summed E-state index contributed by atoms with van der Waals surface area (Å²) < 4.78 is 159. The summed E-state index contributed by atoms with van der Waals surface area (Å²) in [5, 5.41) is 19.0. The molecule has 14 heteroatoms. The van der Waals surface area contributed by atoms with Gasteiger partial charge in [0.2, 0.25) is 0 Å². The van der Waals surface area contributed by atoms with E-state index in [-0.39, 0.29) is 0 Å². The predicted octanol–water partition coefficient (Wildman–Crippen LogP) is 4.75. The highest BCUT2D eigenvalue weighted by Crippen LogP contribution is 2.70. The third kappa shape index (κ3) is 2.97. The third-order valence-corrected chi connectivity index (χ3v) is 5.34. The maximum Gasteiger partial charge on any atom is 0.426 e. The van der Waals surface area contributed by atoms with Crippen molar-refractivity contribution in [1.29, 1.82) is 0 Å². The zero-order valence-electron chi connectivity index (χ0n) is 13.5. The minimum absolute atomic E-state index is 0.826. The highest BCUT2D eigenvalue weighted by Gasteiger charge is 2.92. The molecule has 1 saturated carbocycles. The van der Waals surface area contributed by atoms with E-state index in [9.17, 15) is 62.9 Å². The van der Waals surface area contributed by atoms with Gasteiger partial charge in [0.15, 0.2) is 0 Å². The number of rotatable bonds is 2. The van der Waals surface area contributed by atoms with Gasteiger partial charge >= 0.3 is 24.7 Å². The second kappa shape index (κ2) is 6.04. The Morgan fingerprint density at radius 3 is 0.889 bits per heavy atom. The lowest BCUT2D eigenvalue weighted by Crippen LogP contribution is -2.79. The highest BCUT2D eigenvalue weighted by atomic mass is 19.4. The molecule has 2 nitrogen and oxygen atoms in total. The summed E-state index contributed by atoms with van der Waals surface area (Å²) in [4.78, 5) is 0. The van der Waals surface area contributed by atoms with Gasteiger partial charge < -0.3 is 10.2 Å². The standard InChI is InChI=1S/C13H14F12O2/c1-5-3-7(4-6(5)2,8(26,10(14,15)16)11(17,18)19)9(27,12(20,21)22)13(23,24)25/h5-6,26-27H,3-4H2,1-2H3. The molecular weight excluding hydrogens is 416 g/mol. The normalized spacial score (nSPS) is 25.8. The molecule has 162 valence electrons. The van der Waals surface area contributed by atoms with Crippen LogP contribution < -0.4 is 0 Å². The highest BCUT2D eigenvalue weighted by molar-refractivity contribution is 5.23. The van der Waals surface area contributed by atoms with Crippen molar-refractivity contribution in [3.8, 4) is 0 Å². The fraction of sp³-hybridized carbons (Fsp3) is 1.00. The molecule has 2 atom stereocenters. The van der Waals surface area contributed by atoms with Crippen molar-refractivity contribution < 1.29 is 62.9 Å². The van der Waals surface area contributed by atoms with Crippen molar-refractivity contribution in [2.75, 3.05) is 0 Å². The van der Waals surface area contributed by atoms with Crippen LogP contribution in [0.1, 0.15) is 26.7 Å². The first-order valence-corrected chi connectivity index (χ1v) is 7.23. The minimum Gasteiger partial charge on any atom is -0.373 e. The van der Waals surface area contributed by atoms with Gasteiger partial charge in [-0.15, -0.1) is 0 Å². The van der Waals surface area contributed by atoms with Crippen LogP contribution in [0.25, 0.3) is 0 Å². The van der Waals surface area contributed by atoms with Crippen LogP contribution in [-0.2, 0) is 0 Å². The summed E-state index contributed by atoms with van der Waals surface area (Å²) in [5.41, 5.74) is -18.1. The van der Waals surface area contributed by atoms with Gasteiger partial charge in [-0.25, -0.2) is 0 Å². The lowest BCUT2D eigenvalue weighted by Gasteiger charge is -2.54. The van der Waals surface area contributed by atoms with Gasteiger partial charge in [0.05, 0.1) is 5.41 Å². The summed E-state index contributed by atoms with van der Waals surface area (Å²) in [5.74, 6) is -3.06. The van der Waals surface area contributed by atoms with Crippen molar-refractivity contribution in [2.45, 2.75) is 62.6 Å². The first kappa shape index (κ1) is 24.1. The Labute approximate surface area is 144 Å². The van der Waals surface area contributed by atoms with E-state index in [1.165, 1.54) is 0 Å². The van der Waals surface area contributed by atoms with Gasteiger partial charge in [-0.1, -0.05) is 13.8 Å². The Kier molecular flexibility index (Phi) is 5.39. The molecule has 1 fully saturated rings. The van der Waals surface area contributed by atoms with Crippen LogP contribution in [0.15, 0.2) is 0 Å². The number of aliphatic hydroxyl groups is 2. The predicted molar refractivity (Wildman–Crippen MR) is 64.1 cm³/mol. The first-order valence-electron chi connectivity index (χ1n) is 7.23. The molecule has 2 N–H and O–H groups in total. The number of alkyl halides is 12. The summed E-state index contributed by atoms with van der Waals surface area (Å²) in [6.45, 7) is 1.65. The van der Waals surface area contributed by atoms with Gasteiger partial charge in [0.1, 0.15) is 0 Å². The van der Waals surface area contributed by atoms with Crippen molar-refractivity contribution in [3.05, 3.63) is 0 Å². The SMILES string of the molecule is CC1CC(C(O)(C(F)(F)F)C(F)(F)F)(C(O)(C(F)(F)F)C(F)(F)F)CC1C. The summed E-state index contributed by atoms with van der Waals surface area (Å²) in [6.07, 6.45) is -32.1. The van der Waals surface area contributed by atoms with Crippen molar-refractivity contribution >= 4 is 0 Å². The van der Waals surface area contributed by atoms with Crippen molar-refractivity contribution in [1.82, 2.24) is 0 Å². The van der Waals surface area contributed by atoms with E-state index in [0.717, 1.165) is 13.8 Å². The summed E-state index contributed by atoms with van der Waals surface area (Å²) in [6, 6.07) is 0. The fourth-order valence-electron chi connectivity index (χ4n) is 3.84. The topological polar surface area (TPSA) is 40.5 Å². The van der Waals surface area contributed by atoms with Gasteiger partial charge in [0, 0.05) is 0 Å². The third-order valence-electron chi connectivity index (χ3n) is 5.34. The van der Waals surface area contributed by atoms with Crippen LogP contribution in [0.2, 0.25) is 0 Å². The molecule has 1 aliphatic carbocycles. The Morgan fingerprint density at radius 1 is 0.556 bits per heavy atom. The first-order chi connectivity index (χ1) is 11.5. The van der Waals surface area contributed by atoms with E-state index in [0.29, 0.717) is 0 Å². The van der Waals surface area contributed by atoms with Crippen LogP contribution in [0.4, 0.5) is 52.7 Å². The minimum atomic E-state index is -7.00. The number of hydrogen-bond donors (Lipinski definition) is 2. The second-order valence-corrected chi connectivity index (χ2v) is 6.86. The number of hydrogen-bond acceptors (Lipinski definition) is 2. The Hall–Kier alpha value is -0.920. The Balaban J connectivity index is 4.13. The molecule has 2 unspecified atom stereocenters. The van der Waals surface area contributed by atoms with Gasteiger partial charge in [0.25, 0.3) is 11.2 Å². The smallest absolute Gasteiger partial charge is 0.373 e. The summed E-state index contributed by atoms with van der Waals surface area (Å²) >= 11 is 0. The summed E-state index contributed by atoms with van der Waals surface area (Å²) in [7, 11) is 0. The molecule has 0 spiro atoms. The quantitative estimate of drug-likeness (QED) is 0.621. The van der Waals surface area contributed by atoms with Gasteiger partial charge in [-0.05, 0) is 24.7 Å². The molecular formula is C13H14F12O2. The van der Waals surface area contributed by atoms with E-state index in [4.69, 9.17) is 0 Å². The monoisotopic (exact) mass is 430 g/mol. The van der Waals surface area contributed by atoms with E-state index in [1.807, 2.05) is 0 Å². The molecule has 0 aromatic rings. The lowest BCUT2D eigenvalue weighted by atomic mass is 9.57. The molecule has 0 radical (unpaired) electrons. The molecule has 1 rings (SSSR count). The zero-order valence-corrected chi connectivity index (χ0v) is 13.5. The number of halogens is 12. The molecule has 0 aromatic heterocycles. The maximum atomic E-state index is 13.2. The van der Waals surface area contributed by atoms with Crippen LogP contribution in [0, 0.1) is 17.3 Å². The van der Waals surface area contributed by atoms with E-state index in [2.05, 4.69) is 0 Å². The van der Waals surface area contributed by atoms with Crippen LogP contribution in [-0.4, -0.2) is 46.1 Å². The van der Waals surface area contributed by atoms with Gasteiger partial charge in [-0.3, -0.25) is 0 Å². The lowest BCUT2D eigenvalue weighted by molar-refractivity contribution is -0.475. The average molecular weight is 430 g/mol. The Morgan fingerprint density at radius 2 is 0.741 bits per heavy atom. The van der Waals surface area contributed by atoms with Crippen molar-refractivity contribution in [3.63, 3.8) is 0 Å². The zero-order chi connectivity index (χ0) is 22.1. The molecule has 27 heavy (non-hydrogen) atoms. The van der Waals surface area contributed by atoms with Crippen LogP contribution in [0.5, 0.6) is 0 Å². The van der Waals surface area contributed by atoms with Crippen LogP contribution in [0.3, 0.4) is 0 Å². The van der Waals surface area contributed by atoms with Gasteiger partial charge in [-0.2, -0.15) is 52.7 Å². The maximum absolute atomic E-state index is 13.2. The molecule has 0 bridgehead atoms.